The van der Waals surface area contributed by atoms with Crippen LogP contribution in [0.2, 0.25) is 0 Å². The summed E-state index contributed by atoms with van der Waals surface area (Å²) in [6.07, 6.45) is 3.66. The number of piperidine rings is 1. The van der Waals surface area contributed by atoms with Gasteiger partial charge in [-0.25, -0.2) is 9.37 Å². The quantitative estimate of drug-likeness (QED) is 0.813. The Hall–Kier alpha value is -2.21. The highest BCUT2D eigenvalue weighted by Gasteiger charge is 2.47. The molecule has 1 saturated heterocycles. The maximum absolute atomic E-state index is 13.8. The summed E-state index contributed by atoms with van der Waals surface area (Å²) in [7, 11) is 0. The predicted octanol–water partition coefficient (Wildman–Crippen LogP) is 3.50. The van der Waals surface area contributed by atoms with E-state index in [-0.39, 0.29) is 23.2 Å². The first-order chi connectivity index (χ1) is 13.5. The van der Waals surface area contributed by atoms with E-state index in [4.69, 9.17) is 4.98 Å². The molecule has 1 fully saturated rings. The first kappa shape index (κ1) is 19.1. The van der Waals surface area contributed by atoms with Crippen molar-refractivity contribution in [1.29, 1.82) is 0 Å². The van der Waals surface area contributed by atoms with Crippen molar-refractivity contribution in [3.63, 3.8) is 0 Å². The molecule has 0 unspecified atom stereocenters. The topological polar surface area (TPSA) is 41.4 Å². The number of nitrogens with zero attached hydrogens (tertiary/aromatic N) is 4. The van der Waals surface area contributed by atoms with Gasteiger partial charge in [0.1, 0.15) is 11.6 Å². The van der Waals surface area contributed by atoms with Gasteiger partial charge >= 0.3 is 0 Å². The summed E-state index contributed by atoms with van der Waals surface area (Å²) in [4.78, 5) is 21.8. The van der Waals surface area contributed by atoms with Crippen molar-refractivity contribution < 1.29 is 9.18 Å². The number of rotatable bonds is 3. The molecule has 28 heavy (non-hydrogen) atoms. The molecule has 1 aromatic carbocycles. The fraction of sp³-hybridized carbons (Fsp3) is 0.545. The minimum absolute atomic E-state index is 0.0317. The van der Waals surface area contributed by atoms with Crippen molar-refractivity contribution in [3.8, 4) is 11.3 Å². The zero-order chi connectivity index (χ0) is 19.9. The van der Waals surface area contributed by atoms with Crippen LogP contribution in [0.4, 0.5) is 4.39 Å². The number of likely N-dealkylation sites (tertiary alicyclic amines) is 1. The van der Waals surface area contributed by atoms with E-state index in [2.05, 4.69) is 16.4 Å². The molecule has 0 N–H and O–H groups in total. The number of hydrogen-bond donors (Lipinski definition) is 0. The minimum Gasteiger partial charge on any atom is -0.342 e. The van der Waals surface area contributed by atoms with Gasteiger partial charge in [-0.1, -0.05) is 32.9 Å². The molecule has 1 aromatic heterocycles. The highest BCUT2D eigenvalue weighted by molar-refractivity contribution is 5.78. The number of carbonyl (C=O) groups excluding carboxylic acids is 1. The van der Waals surface area contributed by atoms with E-state index in [1.54, 1.807) is 12.1 Å². The molecule has 2 aromatic rings. The summed E-state index contributed by atoms with van der Waals surface area (Å²) in [6, 6.07) is 6.74. The van der Waals surface area contributed by atoms with E-state index in [1.165, 1.54) is 6.07 Å². The van der Waals surface area contributed by atoms with Crippen molar-refractivity contribution in [2.75, 3.05) is 26.2 Å². The Balaban J connectivity index is 1.69. The van der Waals surface area contributed by atoms with Gasteiger partial charge in [0.2, 0.25) is 5.91 Å². The average molecular weight is 384 g/mol. The fourth-order valence-electron chi connectivity index (χ4n) is 4.89. The molecule has 6 heteroatoms. The van der Waals surface area contributed by atoms with Crippen LogP contribution in [0, 0.1) is 11.7 Å². The van der Waals surface area contributed by atoms with E-state index >= 15 is 0 Å². The van der Waals surface area contributed by atoms with Gasteiger partial charge in [-0.2, -0.15) is 0 Å². The molecule has 4 rings (SSSR count). The normalized spacial score (nSPS) is 19.2. The molecule has 150 valence electrons. The highest BCUT2D eigenvalue weighted by Crippen LogP contribution is 2.42. The Morgan fingerprint density at radius 3 is 2.61 bits per heavy atom. The van der Waals surface area contributed by atoms with Crippen LogP contribution in [0.5, 0.6) is 0 Å². The molecule has 1 spiro atoms. The smallest absolute Gasteiger partial charge is 0.225 e. The van der Waals surface area contributed by atoms with Gasteiger partial charge in [-0.05, 0) is 31.5 Å². The maximum Gasteiger partial charge on any atom is 0.225 e. The lowest BCUT2D eigenvalue weighted by Crippen LogP contribution is -2.58. The highest BCUT2D eigenvalue weighted by atomic mass is 19.1. The van der Waals surface area contributed by atoms with Crippen LogP contribution in [0.3, 0.4) is 0 Å². The lowest BCUT2D eigenvalue weighted by molar-refractivity contribution is -0.138. The molecule has 0 bridgehead atoms. The Labute approximate surface area is 166 Å². The molecular weight excluding hydrogens is 355 g/mol. The molecule has 0 atom stereocenters. The number of carbonyl (C=O) groups is 1. The van der Waals surface area contributed by atoms with Gasteiger partial charge in [0.15, 0.2) is 0 Å². The van der Waals surface area contributed by atoms with E-state index in [1.807, 2.05) is 31.0 Å². The summed E-state index contributed by atoms with van der Waals surface area (Å²) in [5, 5.41) is 0. The second-order valence-corrected chi connectivity index (χ2v) is 8.22. The van der Waals surface area contributed by atoms with Crippen LogP contribution in [0.25, 0.3) is 11.3 Å². The fourth-order valence-corrected chi connectivity index (χ4v) is 4.89. The monoisotopic (exact) mass is 384 g/mol. The van der Waals surface area contributed by atoms with Crippen LogP contribution in [-0.2, 0) is 16.9 Å². The van der Waals surface area contributed by atoms with Crippen molar-refractivity contribution in [3.05, 3.63) is 42.1 Å². The Morgan fingerprint density at radius 2 is 1.96 bits per heavy atom. The number of hydrogen-bond acceptors (Lipinski definition) is 3. The van der Waals surface area contributed by atoms with E-state index < -0.39 is 0 Å². The first-order valence-corrected chi connectivity index (χ1v) is 10.3. The second-order valence-electron chi connectivity index (χ2n) is 8.22. The Morgan fingerprint density at radius 1 is 1.21 bits per heavy atom. The number of amides is 1. The summed E-state index contributed by atoms with van der Waals surface area (Å²) < 4.78 is 16.0. The molecule has 2 aliphatic rings. The molecule has 0 aliphatic carbocycles. The number of likely N-dealkylation sites (N-methyl/N-ethyl adjacent to an activating group) is 1. The third kappa shape index (κ3) is 3.04. The molecule has 0 saturated carbocycles. The Bertz CT molecular complexity index is 867. The molecule has 0 radical (unpaired) electrons. The third-order valence-electron chi connectivity index (χ3n) is 6.37. The number of benzene rings is 1. The lowest BCUT2D eigenvalue weighted by Gasteiger charge is -2.51. The zero-order valence-corrected chi connectivity index (χ0v) is 17.0. The molecule has 3 heterocycles. The average Bonchev–Trinajstić information content (AvgIpc) is 3.13. The number of halogens is 1. The van der Waals surface area contributed by atoms with Gasteiger partial charge < -0.3 is 9.47 Å². The van der Waals surface area contributed by atoms with Crippen molar-refractivity contribution in [1.82, 2.24) is 19.4 Å². The van der Waals surface area contributed by atoms with E-state index in [0.29, 0.717) is 0 Å². The van der Waals surface area contributed by atoms with Crippen LogP contribution in [0.1, 0.15) is 39.4 Å². The Kier molecular flexibility index (Phi) is 5.00. The van der Waals surface area contributed by atoms with Gasteiger partial charge in [0, 0.05) is 37.7 Å². The van der Waals surface area contributed by atoms with Crippen LogP contribution >= 0.6 is 0 Å². The van der Waals surface area contributed by atoms with Gasteiger partial charge in [0.05, 0.1) is 17.4 Å². The van der Waals surface area contributed by atoms with Gasteiger partial charge in [0.25, 0.3) is 0 Å². The van der Waals surface area contributed by atoms with Crippen LogP contribution in [-0.4, -0.2) is 51.4 Å². The van der Waals surface area contributed by atoms with Gasteiger partial charge in [-0.15, -0.1) is 0 Å². The summed E-state index contributed by atoms with van der Waals surface area (Å²) >= 11 is 0. The van der Waals surface area contributed by atoms with Crippen molar-refractivity contribution in [2.45, 2.75) is 45.7 Å². The lowest BCUT2D eigenvalue weighted by atomic mass is 9.82. The summed E-state index contributed by atoms with van der Waals surface area (Å²) in [5.41, 5.74) is 1.70. The van der Waals surface area contributed by atoms with Crippen LogP contribution < -0.4 is 0 Å². The van der Waals surface area contributed by atoms with Crippen LogP contribution in [0.15, 0.2) is 30.5 Å². The summed E-state index contributed by atoms with van der Waals surface area (Å²) in [5.74, 6) is 1.10. The van der Waals surface area contributed by atoms with E-state index in [9.17, 15) is 9.18 Å². The largest absolute Gasteiger partial charge is 0.342 e. The van der Waals surface area contributed by atoms with Crippen molar-refractivity contribution >= 4 is 5.91 Å². The maximum atomic E-state index is 13.8. The first-order valence-electron chi connectivity index (χ1n) is 10.3. The number of fused-ring (bicyclic) bond motifs is 2. The van der Waals surface area contributed by atoms with E-state index in [0.717, 1.165) is 62.6 Å². The zero-order valence-electron chi connectivity index (χ0n) is 17.0. The SMILES string of the molecule is CCN1CCn2c(-c3cccc(F)c3)cnc2C12CCN(C(=O)C(C)C)CC2. The third-order valence-corrected chi connectivity index (χ3v) is 6.37. The predicted molar refractivity (Wildman–Crippen MR) is 107 cm³/mol. The molecule has 1 amide bonds. The van der Waals surface area contributed by atoms with Gasteiger partial charge in [-0.3, -0.25) is 9.69 Å². The molecule has 2 aliphatic heterocycles. The minimum atomic E-state index is -0.228. The molecule has 5 nitrogen and oxygen atoms in total. The standard InChI is InChI=1S/C22H29FN4O/c1-4-26-12-13-27-19(17-6-5-7-18(23)14-17)15-24-21(27)22(26)8-10-25(11-9-22)20(28)16(2)3/h5-7,14-16H,4,8-13H2,1-3H3. The van der Waals surface area contributed by atoms with Crippen molar-refractivity contribution in [2.24, 2.45) is 5.92 Å². The summed E-state index contributed by atoms with van der Waals surface area (Å²) in [6.45, 7) is 10.4. The number of aromatic nitrogens is 2. The second kappa shape index (κ2) is 7.32. The number of imidazole rings is 1. The molecular formula is C22H29FN4O.